The van der Waals surface area contributed by atoms with E-state index in [0.29, 0.717) is 0 Å². The van der Waals surface area contributed by atoms with E-state index in [0.717, 1.165) is 27.7 Å². The number of hydrogen-bond acceptors (Lipinski definition) is 4. The molecule has 0 unspecified atom stereocenters. The summed E-state index contributed by atoms with van der Waals surface area (Å²) in [5, 5.41) is 29.7. The molecule has 0 rings (SSSR count). The number of rotatable bonds is 12. The van der Waals surface area contributed by atoms with E-state index < -0.39 is 23.9 Å². The van der Waals surface area contributed by atoms with E-state index in [-0.39, 0.29) is 47.8 Å². The van der Waals surface area contributed by atoms with Gasteiger partial charge in [-0.3, -0.25) is 19.2 Å². The number of unbranched alkanes of at least 4 members (excludes halogenated alkanes) is 4. The molecule has 0 amide bonds. The Morgan fingerprint density at radius 1 is 0.457 bits per heavy atom. The molecular weight excluding hydrogens is 670 g/mol. The first-order valence-electron chi connectivity index (χ1n) is 12.0. The second-order valence-corrected chi connectivity index (χ2v) is 15.6. The molecule has 35 heavy (non-hydrogen) atoms. The number of carbonyl (C=O) groups is 4. The van der Waals surface area contributed by atoms with Gasteiger partial charge in [-0.2, -0.15) is 0 Å². The van der Waals surface area contributed by atoms with Crippen molar-refractivity contribution in [3.05, 3.63) is 0 Å². The van der Waals surface area contributed by atoms with Gasteiger partial charge >= 0.3 is 139 Å². The Morgan fingerprint density at radius 2 is 0.571 bits per heavy atom. The van der Waals surface area contributed by atoms with E-state index >= 15 is 0 Å². The van der Waals surface area contributed by atoms with Gasteiger partial charge in [0, 0.05) is 27.7 Å². The molecule has 0 heterocycles. The van der Waals surface area contributed by atoms with E-state index in [1.807, 2.05) is 0 Å². The van der Waals surface area contributed by atoms with Crippen LogP contribution in [0.1, 0.15) is 107 Å². The van der Waals surface area contributed by atoms with Gasteiger partial charge in [0.05, 0.1) is 0 Å². The minimum Gasteiger partial charge on any atom is -0.412 e. The van der Waals surface area contributed by atoms with Gasteiger partial charge in [0.1, 0.15) is 0 Å². The number of aliphatic carboxylic acids is 4. The average molecular weight is 724 g/mol. The fraction of sp³-hybridized carbons (Fsp3) is 0.833. The maximum Gasteiger partial charge on any atom is -0.412 e. The predicted molar refractivity (Wildman–Crippen MR) is 147 cm³/mol. The summed E-state index contributed by atoms with van der Waals surface area (Å²) in [4.78, 5) is 36.0. The van der Waals surface area contributed by atoms with Gasteiger partial charge in [0.25, 0.3) is 23.9 Å². The molecule has 0 atom stereocenters. The Kier molecular flexibility index (Phi) is 79.5. The van der Waals surface area contributed by atoms with Crippen LogP contribution in [0, 0.1) is 0 Å². The summed E-state index contributed by atoms with van der Waals surface area (Å²) >= 11 is 0.299. The van der Waals surface area contributed by atoms with Crippen molar-refractivity contribution in [3.8, 4) is 0 Å². The molecule has 4 radical (unpaired) electrons. The summed E-state index contributed by atoms with van der Waals surface area (Å²) in [6.45, 7) is 13.5. The largest absolute Gasteiger partial charge is 0.412 e. The molecule has 6 N–H and O–H groups in total. The van der Waals surface area contributed by atoms with Gasteiger partial charge in [0.15, 0.2) is 0 Å². The standard InChI is InChI=1S/4C4H9.4C2H4O2.H2O.2Sn/c4*1-3-4-2;4*1-2(3)4;;;/h4*1,3-4H2,2H3;4*1H3,(H,3,4);1H2;;. The van der Waals surface area contributed by atoms with Crippen molar-refractivity contribution in [2.75, 3.05) is 0 Å². The third-order valence-corrected chi connectivity index (χ3v) is 10.9. The molecule has 0 fully saturated rings. The molecular formula is C24H54O9Sn2. The molecule has 0 saturated heterocycles. The monoisotopic (exact) mass is 726 g/mol. The third-order valence-electron chi connectivity index (χ3n) is 2.83. The fourth-order valence-corrected chi connectivity index (χ4v) is 9.77. The van der Waals surface area contributed by atoms with Crippen molar-refractivity contribution in [1.29, 1.82) is 0 Å². The van der Waals surface area contributed by atoms with Crippen LogP contribution in [0.3, 0.4) is 0 Å². The summed E-state index contributed by atoms with van der Waals surface area (Å²) in [6.07, 6.45) is 11.7. The zero-order chi connectivity index (χ0) is 28.2. The summed E-state index contributed by atoms with van der Waals surface area (Å²) in [6, 6.07) is 0. The van der Waals surface area contributed by atoms with E-state index in [9.17, 15) is 0 Å². The molecule has 0 aliphatic heterocycles. The van der Waals surface area contributed by atoms with Gasteiger partial charge in [-0.15, -0.1) is 0 Å². The second-order valence-electron chi connectivity index (χ2n) is 6.99. The minimum absolute atomic E-state index is 0. The maximum absolute atomic E-state index is 9.00. The van der Waals surface area contributed by atoms with Crippen LogP contribution in [0.4, 0.5) is 0 Å². The Labute approximate surface area is 234 Å². The summed E-state index contributed by atoms with van der Waals surface area (Å²) in [5.74, 6) is -3.33. The molecule has 0 spiro atoms. The van der Waals surface area contributed by atoms with E-state index in [4.69, 9.17) is 39.6 Å². The Hall–Kier alpha value is -0.563. The first-order valence-corrected chi connectivity index (χ1v) is 20.0. The molecule has 0 aliphatic carbocycles. The van der Waals surface area contributed by atoms with Crippen molar-refractivity contribution >= 4 is 66.2 Å². The molecule has 0 aromatic rings. The molecule has 9 nitrogen and oxygen atoms in total. The van der Waals surface area contributed by atoms with Gasteiger partial charge in [-0.25, -0.2) is 0 Å². The number of carboxylic acid groups (broad SMARTS) is 4. The third kappa shape index (κ3) is 253. The van der Waals surface area contributed by atoms with Crippen LogP contribution >= 0.6 is 0 Å². The first kappa shape index (κ1) is 51.1. The van der Waals surface area contributed by atoms with Crippen LogP contribution in [0.25, 0.3) is 0 Å². The normalized spacial score (nSPS) is 8.00. The van der Waals surface area contributed by atoms with E-state index in [1.165, 1.54) is 51.4 Å². The second kappa shape index (κ2) is 54.4. The molecule has 0 aliphatic rings. The van der Waals surface area contributed by atoms with Crippen LogP contribution in [-0.4, -0.2) is 92.1 Å². The number of carboxylic acids is 4. The van der Waals surface area contributed by atoms with Gasteiger partial charge in [0.2, 0.25) is 0 Å². The van der Waals surface area contributed by atoms with Crippen molar-refractivity contribution in [1.82, 2.24) is 0 Å². The molecule has 0 aromatic carbocycles. The minimum atomic E-state index is -0.833. The predicted octanol–water partition coefficient (Wildman–Crippen LogP) is 5.79. The zero-order valence-corrected chi connectivity index (χ0v) is 29.1. The summed E-state index contributed by atoms with van der Waals surface area (Å²) in [5.41, 5.74) is 0. The number of hydrogen-bond donors (Lipinski definition) is 4. The van der Waals surface area contributed by atoms with Crippen molar-refractivity contribution < 1.29 is 45.1 Å². The van der Waals surface area contributed by atoms with Crippen LogP contribution in [0.2, 0.25) is 17.7 Å². The topological polar surface area (TPSA) is 181 Å². The molecule has 11 heteroatoms. The Bertz CT molecular complexity index is 332. The van der Waals surface area contributed by atoms with Gasteiger partial charge in [-0.05, 0) is 0 Å². The molecule has 0 saturated carbocycles. The maximum atomic E-state index is 9.00. The zero-order valence-electron chi connectivity index (χ0n) is 23.4. The fourth-order valence-electron chi connectivity index (χ4n) is 1.46. The van der Waals surface area contributed by atoms with Crippen molar-refractivity contribution in [2.45, 2.75) is 125 Å². The van der Waals surface area contributed by atoms with E-state index in [1.54, 1.807) is 17.7 Å². The molecule has 212 valence electrons. The molecule has 0 aromatic heterocycles. The van der Waals surface area contributed by atoms with E-state index in [2.05, 4.69) is 27.7 Å². The van der Waals surface area contributed by atoms with Crippen molar-refractivity contribution in [3.63, 3.8) is 0 Å². The average Bonchev–Trinajstić information content (AvgIpc) is 2.67. The van der Waals surface area contributed by atoms with Crippen LogP contribution < -0.4 is 0 Å². The molecule has 0 bridgehead atoms. The van der Waals surface area contributed by atoms with Crippen LogP contribution in [0.15, 0.2) is 0 Å². The van der Waals surface area contributed by atoms with Crippen molar-refractivity contribution in [2.24, 2.45) is 0 Å². The summed E-state index contributed by atoms with van der Waals surface area (Å²) < 4.78 is 6.50. The summed E-state index contributed by atoms with van der Waals surface area (Å²) in [7, 11) is 0. The Balaban J connectivity index is -0.0000000561. The van der Waals surface area contributed by atoms with Crippen LogP contribution in [-0.2, 0) is 19.2 Å². The van der Waals surface area contributed by atoms with Gasteiger partial charge < -0.3 is 25.9 Å². The van der Waals surface area contributed by atoms with Crippen LogP contribution in [0.5, 0.6) is 0 Å². The SMILES string of the molecule is CC(=O)O.CC(=O)O.CC(=O)O.CC(=O)O.CCC[CH2][Sn][CH2]CCC.CCC[CH2][Sn][CH2]CCC.O. The first-order chi connectivity index (χ1) is 15.8. The van der Waals surface area contributed by atoms with Gasteiger partial charge in [-0.1, -0.05) is 0 Å². The smallest absolute Gasteiger partial charge is 0.412 e. The Morgan fingerprint density at radius 3 is 0.657 bits per heavy atom. The quantitative estimate of drug-likeness (QED) is 0.144.